The fourth-order valence-electron chi connectivity index (χ4n) is 4.81. The first-order chi connectivity index (χ1) is 13.7. The number of likely N-dealkylation sites (N-methyl/N-ethyl adjacent to an activating group) is 1. The van der Waals surface area contributed by atoms with Crippen LogP contribution in [0.3, 0.4) is 0 Å². The predicted molar refractivity (Wildman–Crippen MR) is 120 cm³/mol. The van der Waals surface area contributed by atoms with Crippen LogP contribution in [0.25, 0.3) is 10.9 Å². The van der Waals surface area contributed by atoms with Crippen molar-refractivity contribution < 1.29 is 9.53 Å². The Hall–Kier alpha value is -1.72. The summed E-state index contributed by atoms with van der Waals surface area (Å²) in [5.41, 5.74) is 1.98. The highest BCUT2D eigenvalue weighted by molar-refractivity contribution is 6.07. The summed E-state index contributed by atoms with van der Waals surface area (Å²) in [6.07, 6.45) is 8.76. The number of hydrogen-bond donors (Lipinski definition) is 0. The Balaban J connectivity index is 0.00000240. The molecule has 1 saturated carbocycles. The zero-order valence-electron chi connectivity index (χ0n) is 17.7. The Morgan fingerprint density at radius 2 is 1.83 bits per heavy atom. The van der Waals surface area contributed by atoms with Crippen LogP contribution >= 0.6 is 12.4 Å². The second-order valence-electron chi connectivity index (χ2n) is 8.31. The minimum atomic E-state index is 0. The molecule has 4 rings (SSSR count). The number of piperazine rings is 1. The van der Waals surface area contributed by atoms with Crippen LogP contribution in [-0.2, 0) is 6.54 Å². The molecule has 0 unspecified atom stereocenters. The molecule has 0 N–H and O–H groups in total. The van der Waals surface area contributed by atoms with Crippen LogP contribution in [0.1, 0.15) is 49.4 Å². The van der Waals surface area contributed by atoms with E-state index < -0.39 is 0 Å². The third kappa shape index (κ3) is 4.72. The number of benzene rings is 1. The second-order valence-corrected chi connectivity index (χ2v) is 8.31. The largest absolute Gasteiger partial charge is 0.497 e. The van der Waals surface area contributed by atoms with E-state index in [4.69, 9.17) is 4.74 Å². The van der Waals surface area contributed by atoms with E-state index in [1.54, 1.807) is 7.11 Å². The zero-order valence-corrected chi connectivity index (χ0v) is 18.5. The zero-order chi connectivity index (χ0) is 19.5. The maximum atomic E-state index is 13.4. The van der Waals surface area contributed by atoms with E-state index in [1.807, 2.05) is 17.0 Å². The number of rotatable bonds is 5. The molecule has 0 radical (unpaired) electrons. The fraction of sp³-hybridized carbons (Fsp3) is 0.609. The van der Waals surface area contributed by atoms with Gasteiger partial charge in [0.2, 0.25) is 0 Å². The maximum absolute atomic E-state index is 13.4. The van der Waals surface area contributed by atoms with Gasteiger partial charge < -0.3 is 19.1 Å². The number of nitrogens with zero attached hydrogens (tertiary/aromatic N) is 3. The SMILES string of the molecule is CCN1CCN(C(=O)c2cn(CC3CCCCC3)c3ccc(OC)cc23)CC1.Cl. The lowest BCUT2D eigenvalue weighted by Crippen LogP contribution is -2.48. The lowest BCUT2D eigenvalue weighted by atomic mass is 9.89. The molecule has 1 saturated heterocycles. The molecule has 6 heteroatoms. The van der Waals surface area contributed by atoms with Crippen molar-refractivity contribution in [2.75, 3.05) is 39.8 Å². The van der Waals surface area contributed by atoms with Gasteiger partial charge in [-0.25, -0.2) is 0 Å². The molecule has 1 amide bonds. The van der Waals surface area contributed by atoms with Crippen LogP contribution in [-0.4, -0.2) is 60.1 Å². The summed E-state index contributed by atoms with van der Waals surface area (Å²) in [5.74, 6) is 1.70. The normalized spacial score (nSPS) is 18.6. The molecular weight excluding hydrogens is 386 g/mol. The minimum absolute atomic E-state index is 0. The number of amides is 1. The summed E-state index contributed by atoms with van der Waals surface area (Å²) in [5, 5.41) is 1.03. The first-order valence-electron chi connectivity index (χ1n) is 10.9. The lowest BCUT2D eigenvalue weighted by Gasteiger charge is -2.34. The number of hydrogen-bond acceptors (Lipinski definition) is 3. The standard InChI is InChI=1S/C23H33N3O2.ClH/c1-3-24-11-13-25(14-12-24)23(27)21-17-26(16-18-7-5-4-6-8-18)22-10-9-19(28-2)15-20(21)22;/h9-10,15,17-18H,3-8,11-14,16H2,1-2H3;1H. The van der Waals surface area contributed by atoms with Gasteiger partial charge in [-0.05, 0) is 43.5 Å². The molecule has 0 bridgehead atoms. The molecule has 5 nitrogen and oxygen atoms in total. The Morgan fingerprint density at radius 3 is 2.48 bits per heavy atom. The van der Waals surface area contributed by atoms with Crippen LogP contribution < -0.4 is 4.74 Å². The van der Waals surface area contributed by atoms with E-state index in [2.05, 4.69) is 28.7 Å². The molecule has 1 aromatic carbocycles. The first-order valence-corrected chi connectivity index (χ1v) is 10.9. The number of aromatic nitrogens is 1. The fourth-order valence-corrected chi connectivity index (χ4v) is 4.81. The highest BCUT2D eigenvalue weighted by Gasteiger charge is 2.25. The van der Waals surface area contributed by atoms with E-state index in [1.165, 1.54) is 32.1 Å². The highest BCUT2D eigenvalue weighted by atomic mass is 35.5. The van der Waals surface area contributed by atoms with Gasteiger partial charge in [-0.2, -0.15) is 0 Å². The van der Waals surface area contributed by atoms with Crippen molar-refractivity contribution in [1.29, 1.82) is 0 Å². The summed E-state index contributed by atoms with van der Waals surface area (Å²) in [4.78, 5) is 17.8. The van der Waals surface area contributed by atoms with Gasteiger partial charge >= 0.3 is 0 Å². The van der Waals surface area contributed by atoms with Crippen molar-refractivity contribution in [1.82, 2.24) is 14.4 Å². The van der Waals surface area contributed by atoms with Crippen molar-refractivity contribution in [3.8, 4) is 5.75 Å². The summed E-state index contributed by atoms with van der Waals surface area (Å²) < 4.78 is 7.77. The lowest BCUT2D eigenvalue weighted by molar-refractivity contribution is 0.0645. The van der Waals surface area contributed by atoms with Gasteiger partial charge in [-0.3, -0.25) is 4.79 Å². The van der Waals surface area contributed by atoms with Crippen molar-refractivity contribution in [2.24, 2.45) is 5.92 Å². The summed E-state index contributed by atoms with van der Waals surface area (Å²) >= 11 is 0. The summed E-state index contributed by atoms with van der Waals surface area (Å²) in [6.45, 7) is 7.80. The van der Waals surface area contributed by atoms with Crippen LogP contribution in [0.4, 0.5) is 0 Å². The van der Waals surface area contributed by atoms with E-state index >= 15 is 0 Å². The number of carbonyl (C=O) groups is 1. The quantitative estimate of drug-likeness (QED) is 0.719. The molecule has 0 spiro atoms. The molecular formula is C23H34ClN3O2. The maximum Gasteiger partial charge on any atom is 0.256 e. The summed E-state index contributed by atoms with van der Waals surface area (Å²) in [6, 6.07) is 6.15. The molecule has 2 aromatic rings. The molecule has 29 heavy (non-hydrogen) atoms. The van der Waals surface area contributed by atoms with Crippen LogP contribution in [0.15, 0.2) is 24.4 Å². The van der Waals surface area contributed by atoms with E-state index in [9.17, 15) is 4.79 Å². The minimum Gasteiger partial charge on any atom is -0.497 e. The van der Waals surface area contributed by atoms with Crippen molar-refractivity contribution >= 4 is 29.2 Å². The van der Waals surface area contributed by atoms with E-state index in [0.717, 1.165) is 67.4 Å². The average Bonchev–Trinajstić information content (AvgIpc) is 3.11. The molecule has 160 valence electrons. The Morgan fingerprint density at radius 1 is 1.10 bits per heavy atom. The van der Waals surface area contributed by atoms with Gasteiger partial charge in [-0.15, -0.1) is 12.4 Å². The molecule has 2 aliphatic rings. The molecule has 0 atom stereocenters. The smallest absolute Gasteiger partial charge is 0.256 e. The second kappa shape index (κ2) is 9.86. The van der Waals surface area contributed by atoms with Gasteiger partial charge in [0, 0.05) is 49.8 Å². The Kier molecular flexibility index (Phi) is 7.47. The third-order valence-electron chi connectivity index (χ3n) is 6.61. The number of carbonyl (C=O) groups excluding carboxylic acids is 1. The topological polar surface area (TPSA) is 37.7 Å². The van der Waals surface area contributed by atoms with Crippen molar-refractivity contribution in [3.05, 3.63) is 30.0 Å². The molecule has 2 heterocycles. The number of methoxy groups -OCH3 is 1. The number of fused-ring (bicyclic) bond motifs is 1. The first kappa shape index (κ1) is 22.0. The molecule has 1 aliphatic carbocycles. The van der Waals surface area contributed by atoms with Crippen LogP contribution in [0.2, 0.25) is 0 Å². The van der Waals surface area contributed by atoms with Gasteiger partial charge in [-0.1, -0.05) is 26.2 Å². The third-order valence-corrected chi connectivity index (χ3v) is 6.61. The van der Waals surface area contributed by atoms with Crippen LogP contribution in [0.5, 0.6) is 5.75 Å². The predicted octanol–water partition coefficient (Wildman–Crippen LogP) is 4.43. The van der Waals surface area contributed by atoms with E-state index in [-0.39, 0.29) is 18.3 Å². The molecule has 1 aliphatic heterocycles. The average molecular weight is 420 g/mol. The van der Waals surface area contributed by atoms with Crippen molar-refractivity contribution in [2.45, 2.75) is 45.6 Å². The molecule has 1 aromatic heterocycles. The van der Waals surface area contributed by atoms with Gasteiger partial charge in [0.25, 0.3) is 5.91 Å². The van der Waals surface area contributed by atoms with Crippen LogP contribution in [0, 0.1) is 5.92 Å². The molecule has 2 fully saturated rings. The summed E-state index contributed by atoms with van der Waals surface area (Å²) in [7, 11) is 1.69. The van der Waals surface area contributed by atoms with Crippen molar-refractivity contribution in [3.63, 3.8) is 0 Å². The van der Waals surface area contributed by atoms with Gasteiger partial charge in [0.15, 0.2) is 0 Å². The number of ether oxygens (including phenoxy) is 1. The van der Waals surface area contributed by atoms with E-state index in [0.29, 0.717) is 0 Å². The Bertz CT molecular complexity index is 821. The Labute approximate surface area is 180 Å². The monoisotopic (exact) mass is 419 g/mol. The van der Waals surface area contributed by atoms with Gasteiger partial charge in [0.1, 0.15) is 5.75 Å². The van der Waals surface area contributed by atoms with Gasteiger partial charge in [0.05, 0.1) is 12.7 Å². The highest BCUT2D eigenvalue weighted by Crippen LogP contribution is 2.31. The number of halogens is 1.